The first-order valence-electron chi connectivity index (χ1n) is 6.17. The number of para-hydroxylation sites is 1. The maximum Gasteiger partial charge on any atom is 0.236 e. The minimum Gasteiger partial charge on any atom is -0.364 e. The Hall–Kier alpha value is -1.61. The number of ether oxygens (including phenoxy) is 1. The van der Waals surface area contributed by atoms with Gasteiger partial charge in [-0.05, 0) is 31.9 Å². The van der Waals surface area contributed by atoms with Crippen molar-refractivity contribution in [2.24, 2.45) is 0 Å². The highest BCUT2D eigenvalue weighted by molar-refractivity contribution is 6.04. The molecular weight excluding hydrogens is 226 g/mol. The number of methoxy groups -OCH3 is 1. The van der Waals surface area contributed by atoms with Crippen molar-refractivity contribution < 1.29 is 9.53 Å². The number of amides is 1. The molecule has 0 aliphatic carbocycles. The molecular formula is C15H19NO2. The van der Waals surface area contributed by atoms with Crippen molar-refractivity contribution in [3.63, 3.8) is 0 Å². The summed E-state index contributed by atoms with van der Waals surface area (Å²) in [5.41, 5.74) is 3.33. The van der Waals surface area contributed by atoms with E-state index in [9.17, 15) is 4.79 Å². The fraction of sp³-hybridized carbons (Fsp3) is 0.400. The molecule has 1 aromatic carbocycles. The maximum absolute atomic E-state index is 12.4. The molecule has 1 unspecified atom stereocenters. The molecule has 0 fully saturated rings. The average molecular weight is 245 g/mol. The Morgan fingerprint density at radius 1 is 1.39 bits per heavy atom. The molecule has 0 saturated carbocycles. The highest BCUT2D eigenvalue weighted by Gasteiger charge is 2.35. The van der Waals surface area contributed by atoms with E-state index in [0.717, 1.165) is 17.7 Å². The number of carbonyl (C=O) groups excluding carboxylic acids is 1. The van der Waals surface area contributed by atoms with Crippen LogP contribution in [0.3, 0.4) is 0 Å². The minimum atomic E-state index is -0.0637. The monoisotopic (exact) mass is 245 g/mol. The van der Waals surface area contributed by atoms with E-state index in [1.807, 2.05) is 24.3 Å². The van der Waals surface area contributed by atoms with Gasteiger partial charge in [0.1, 0.15) is 6.73 Å². The molecule has 18 heavy (non-hydrogen) atoms. The molecule has 0 N–H and O–H groups in total. The van der Waals surface area contributed by atoms with Gasteiger partial charge in [0.15, 0.2) is 0 Å². The highest BCUT2D eigenvalue weighted by atomic mass is 16.5. The van der Waals surface area contributed by atoms with Crippen LogP contribution in [0.1, 0.15) is 31.7 Å². The van der Waals surface area contributed by atoms with Gasteiger partial charge in [-0.15, -0.1) is 0 Å². The van der Waals surface area contributed by atoms with E-state index in [2.05, 4.69) is 19.9 Å². The molecule has 0 radical (unpaired) electrons. The van der Waals surface area contributed by atoms with Crippen molar-refractivity contribution in [1.29, 1.82) is 0 Å². The van der Waals surface area contributed by atoms with E-state index in [-0.39, 0.29) is 11.8 Å². The summed E-state index contributed by atoms with van der Waals surface area (Å²) in [7, 11) is 1.61. The van der Waals surface area contributed by atoms with Gasteiger partial charge in [0.05, 0.1) is 11.6 Å². The van der Waals surface area contributed by atoms with Crippen LogP contribution in [0.25, 0.3) is 0 Å². The Kier molecular flexibility index (Phi) is 3.82. The van der Waals surface area contributed by atoms with Gasteiger partial charge in [0, 0.05) is 7.11 Å². The summed E-state index contributed by atoms with van der Waals surface area (Å²) in [5.74, 6) is 0.0711. The molecule has 0 bridgehead atoms. The molecule has 0 saturated heterocycles. The molecule has 2 rings (SSSR count). The second-order valence-corrected chi connectivity index (χ2v) is 4.81. The zero-order valence-electron chi connectivity index (χ0n) is 11.1. The van der Waals surface area contributed by atoms with Gasteiger partial charge < -0.3 is 4.74 Å². The van der Waals surface area contributed by atoms with Crippen LogP contribution in [0.5, 0.6) is 0 Å². The molecule has 96 valence electrons. The van der Waals surface area contributed by atoms with Crippen molar-refractivity contribution in [2.45, 2.75) is 26.2 Å². The first kappa shape index (κ1) is 12.8. The lowest BCUT2D eigenvalue weighted by Crippen LogP contribution is -2.30. The van der Waals surface area contributed by atoms with E-state index in [4.69, 9.17) is 4.74 Å². The van der Waals surface area contributed by atoms with Gasteiger partial charge in [-0.1, -0.05) is 29.8 Å². The third kappa shape index (κ3) is 2.31. The van der Waals surface area contributed by atoms with Crippen LogP contribution in [-0.4, -0.2) is 19.7 Å². The van der Waals surface area contributed by atoms with Crippen LogP contribution < -0.4 is 4.90 Å². The summed E-state index contributed by atoms with van der Waals surface area (Å²) in [5, 5.41) is 0. The third-order valence-electron chi connectivity index (χ3n) is 3.19. The fourth-order valence-electron chi connectivity index (χ4n) is 2.31. The van der Waals surface area contributed by atoms with Gasteiger partial charge in [-0.2, -0.15) is 0 Å². The topological polar surface area (TPSA) is 29.5 Å². The van der Waals surface area contributed by atoms with Crippen LogP contribution in [0.15, 0.2) is 35.9 Å². The SMILES string of the molecule is COCN1C(=O)C(CC=C(C)C)c2ccccc21. The van der Waals surface area contributed by atoms with Gasteiger partial charge in [-0.25, -0.2) is 0 Å². The van der Waals surface area contributed by atoms with Crippen LogP contribution in [0.2, 0.25) is 0 Å². The first-order chi connectivity index (χ1) is 8.65. The van der Waals surface area contributed by atoms with E-state index in [1.165, 1.54) is 5.57 Å². The normalized spacial score (nSPS) is 17.8. The third-order valence-corrected chi connectivity index (χ3v) is 3.19. The first-order valence-corrected chi connectivity index (χ1v) is 6.17. The number of hydrogen-bond acceptors (Lipinski definition) is 2. The van der Waals surface area contributed by atoms with Crippen LogP contribution in [0, 0.1) is 0 Å². The smallest absolute Gasteiger partial charge is 0.236 e. The molecule has 1 amide bonds. The Labute approximate surface area is 108 Å². The molecule has 1 aliphatic heterocycles. The van der Waals surface area contributed by atoms with Crippen molar-refractivity contribution in [1.82, 2.24) is 0 Å². The number of allylic oxidation sites excluding steroid dienone is 2. The molecule has 1 atom stereocenters. The molecule has 1 aromatic rings. The van der Waals surface area contributed by atoms with E-state index < -0.39 is 0 Å². The van der Waals surface area contributed by atoms with Crippen molar-refractivity contribution in [3.05, 3.63) is 41.5 Å². The van der Waals surface area contributed by atoms with Crippen LogP contribution in [0.4, 0.5) is 5.69 Å². The number of nitrogens with zero attached hydrogens (tertiary/aromatic N) is 1. The number of carbonyl (C=O) groups is 1. The van der Waals surface area contributed by atoms with Gasteiger partial charge in [-0.3, -0.25) is 9.69 Å². The van der Waals surface area contributed by atoms with Gasteiger partial charge in [0.25, 0.3) is 0 Å². The summed E-state index contributed by atoms with van der Waals surface area (Å²) in [6, 6.07) is 7.96. The van der Waals surface area contributed by atoms with Crippen molar-refractivity contribution in [2.75, 3.05) is 18.7 Å². The minimum absolute atomic E-state index is 0.0637. The standard InChI is InChI=1S/C15H19NO2/c1-11(2)8-9-13-12-6-4-5-7-14(12)16(10-18-3)15(13)17/h4-8,13H,9-10H2,1-3H3. The van der Waals surface area contributed by atoms with Crippen LogP contribution >= 0.6 is 0 Å². The predicted octanol–water partition coefficient (Wildman–Crippen LogP) is 3.08. The quantitative estimate of drug-likeness (QED) is 0.763. The van der Waals surface area contributed by atoms with E-state index >= 15 is 0 Å². The Morgan fingerprint density at radius 2 is 2.11 bits per heavy atom. The zero-order valence-corrected chi connectivity index (χ0v) is 11.1. The number of anilines is 1. The zero-order chi connectivity index (χ0) is 13.1. The largest absolute Gasteiger partial charge is 0.364 e. The Bertz CT molecular complexity index is 475. The number of benzene rings is 1. The van der Waals surface area contributed by atoms with Crippen molar-refractivity contribution in [3.8, 4) is 0 Å². The van der Waals surface area contributed by atoms with Gasteiger partial charge in [0.2, 0.25) is 5.91 Å². The number of fused-ring (bicyclic) bond motifs is 1. The van der Waals surface area contributed by atoms with E-state index in [0.29, 0.717) is 6.73 Å². The lowest BCUT2D eigenvalue weighted by molar-refractivity contribution is -0.120. The van der Waals surface area contributed by atoms with Crippen molar-refractivity contribution >= 4 is 11.6 Å². The summed E-state index contributed by atoms with van der Waals surface area (Å²) in [6.07, 6.45) is 2.88. The fourth-order valence-corrected chi connectivity index (χ4v) is 2.31. The Morgan fingerprint density at radius 3 is 2.78 bits per heavy atom. The van der Waals surface area contributed by atoms with Gasteiger partial charge >= 0.3 is 0 Å². The summed E-state index contributed by atoms with van der Waals surface area (Å²) in [4.78, 5) is 14.1. The second kappa shape index (κ2) is 5.36. The summed E-state index contributed by atoms with van der Waals surface area (Å²) >= 11 is 0. The predicted molar refractivity (Wildman–Crippen MR) is 72.6 cm³/mol. The number of hydrogen-bond donors (Lipinski definition) is 0. The summed E-state index contributed by atoms with van der Waals surface area (Å²) in [6.45, 7) is 4.43. The molecule has 0 aromatic heterocycles. The number of rotatable bonds is 4. The molecule has 3 nitrogen and oxygen atoms in total. The Balaban J connectivity index is 2.32. The summed E-state index contributed by atoms with van der Waals surface area (Å²) < 4.78 is 5.12. The molecule has 0 spiro atoms. The average Bonchev–Trinajstić information content (AvgIpc) is 2.61. The molecule has 1 heterocycles. The lowest BCUT2D eigenvalue weighted by Gasteiger charge is -2.16. The van der Waals surface area contributed by atoms with E-state index in [1.54, 1.807) is 12.0 Å². The molecule has 1 aliphatic rings. The highest BCUT2D eigenvalue weighted by Crippen LogP contribution is 2.39. The van der Waals surface area contributed by atoms with Crippen LogP contribution in [-0.2, 0) is 9.53 Å². The second-order valence-electron chi connectivity index (χ2n) is 4.81. The molecule has 3 heteroatoms. The maximum atomic E-state index is 12.4. The lowest BCUT2D eigenvalue weighted by atomic mass is 9.96.